The van der Waals surface area contributed by atoms with E-state index in [1.807, 2.05) is 0 Å². The largest absolute Gasteiger partial charge is 0.427 e. The fraction of sp³-hybridized carbons (Fsp3) is 0.455. The first kappa shape index (κ1) is 16.8. The molecule has 1 fully saturated rings. The fourth-order valence-corrected chi connectivity index (χ4v) is 3.07. The van der Waals surface area contributed by atoms with E-state index < -0.39 is 49.6 Å². The first-order valence-corrected chi connectivity index (χ1v) is 6.57. The van der Waals surface area contributed by atoms with Gasteiger partial charge in [0, 0.05) is 11.5 Å². The number of rotatable bonds is 1. The molecule has 0 amide bonds. The molecule has 0 aromatic heterocycles. The van der Waals surface area contributed by atoms with Crippen molar-refractivity contribution in [3.8, 4) is 0 Å². The van der Waals surface area contributed by atoms with Gasteiger partial charge in [-0.15, -0.1) is 0 Å². The summed E-state index contributed by atoms with van der Waals surface area (Å²) in [5.41, 5.74) is -8.33. The molecule has 20 heavy (non-hydrogen) atoms. The van der Waals surface area contributed by atoms with Crippen LogP contribution in [0.3, 0.4) is 0 Å². The number of halogens is 5. The zero-order valence-corrected chi connectivity index (χ0v) is 11.1. The summed E-state index contributed by atoms with van der Waals surface area (Å²) in [5, 5.41) is -3.80. The van der Waals surface area contributed by atoms with E-state index in [4.69, 9.17) is 4.55 Å². The Morgan fingerprint density at radius 2 is 1.55 bits per heavy atom. The van der Waals surface area contributed by atoms with Crippen molar-refractivity contribution in [2.45, 2.75) is 23.8 Å². The Bertz CT molecular complexity index is 606. The van der Waals surface area contributed by atoms with Gasteiger partial charge in [0.1, 0.15) is 0 Å². The summed E-state index contributed by atoms with van der Waals surface area (Å²) in [7, 11) is -5.55. The monoisotopic (exact) mass is 318 g/mol. The third kappa shape index (κ3) is 1.76. The minimum Gasteiger partial charge on any atom is -0.283 e. The van der Waals surface area contributed by atoms with E-state index >= 15 is 0 Å². The maximum absolute atomic E-state index is 14.5. The number of hydrogen-bond acceptors (Lipinski definition) is 2. The Balaban J connectivity index is 3.66. The predicted molar refractivity (Wildman–Crippen MR) is 61.9 cm³/mol. The molecule has 0 radical (unpaired) electrons. The van der Waals surface area contributed by atoms with Crippen LogP contribution in [0.5, 0.6) is 0 Å². The summed E-state index contributed by atoms with van der Waals surface area (Å²) < 4.78 is 98.5. The Morgan fingerprint density at radius 1 is 1.15 bits per heavy atom. The third-order valence-electron chi connectivity index (χ3n) is 3.49. The van der Waals surface area contributed by atoms with Crippen molar-refractivity contribution in [1.29, 1.82) is 0 Å². The van der Waals surface area contributed by atoms with E-state index in [1.165, 1.54) is 0 Å². The Labute approximate surface area is 112 Å². The van der Waals surface area contributed by atoms with Gasteiger partial charge in [-0.2, -0.15) is 21.6 Å². The van der Waals surface area contributed by atoms with Crippen LogP contribution in [0.2, 0.25) is 0 Å². The zero-order valence-electron chi connectivity index (χ0n) is 10.3. The average Bonchev–Trinajstić information content (AvgIpc) is 2.28. The van der Waals surface area contributed by atoms with Gasteiger partial charge in [0.15, 0.2) is 0 Å². The highest BCUT2D eigenvalue weighted by Crippen LogP contribution is 2.58. The van der Waals surface area contributed by atoms with E-state index in [1.54, 1.807) is 0 Å². The van der Waals surface area contributed by atoms with Crippen LogP contribution >= 0.6 is 0 Å². The van der Waals surface area contributed by atoms with Gasteiger partial charge in [0.25, 0.3) is 5.00 Å². The lowest BCUT2D eigenvalue weighted by molar-refractivity contribution is -0.229. The van der Waals surface area contributed by atoms with Gasteiger partial charge in [-0.05, 0) is 11.1 Å². The van der Waals surface area contributed by atoms with Gasteiger partial charge in [0.05, 0.1) is 0 Å². The Kier molecular flexibility index (Phi) is 3.48. The Morgan fingerprint density at radius 3 is 1.85 bits per heavy atom. The molecule has 3 nitrogen and oxygen atoms in total. The van der Waals surface area contributed by atoms with Crippen molar-refractivity contribution < 1.29 is 34.9 Å². The molecule has 0 aromatic rings. The van der Waals surface area contributed by atoms with Crippen molar-refractivity contribution >= 4 is 10.1 Å². The van der Waals surface area contributed by atoms with Gasteiger partial charge >= 0.3 is 16.3 Å². The van der Waals surface area contributed by atoms with Gasteiger partial charge < -0.3 is 0 Å². The third-order valence-corrected chi connectivity index (χ3v) is 4.71. The molecule has 0 spiro atoms. The van der Waals surface area contributed by atoms with Crippen LogP contribution in [0.25, 0.3) is 0 Å². The van der Waals surface area contributed by atoms with E-state index in [-0.39, 0.29) is 0 Å². The second-order valence-electron chi connectivity index (χ2n) is 4.48. The zero-order chi connectivity index (χ0) is 16.3. The highest BCUT2D eigenvalue weighted by atomic mass is 32.2. The molecule has 114 valence electrons. The van der Waals surface area contributed by atoms with Crippen LogP contribution < -0.4 is 0 Å². The molecule has 1 saturated carbocycles. The van der Waals surface area contributed by atoms with Crippen molar-refractivity contribution in [2.24, 2.45) is 5.92 Å². The van der Waals surface area contributed by atoms with E-state index in [9.17, 15) is 30.4 Å². The molecule has 0 aliphatic heterocycles. The number of hydrogen-bond donors (Lipinski definition) is 1. The lowest BCUT2D eigenvalue weighted by atomic mass is 9.68. The van der Waals surface area contributed by atoms with Crippen molar-refractivity contribution in [3.63, 3.8) is 0 Å². The lowest BCUT2D eigenvalue weighted by Crippen LogP contribution is -2.58. The van der Waals surface area contributed by atoms with Crippen LogP contribution in [0.15, 0.2) is 36.5 Å². The number of allylic oxidation sites excluding steroid dienone is 1. The lowest BCUT2D eigenvalue weighted by Gasteiger charge is -2.45. The second-order valence-corrected chi connectivity index (χ2v) is 6.00. The fourth-order valence-electron chi connectivity index (χ4n) is 2.13. The van der Waals surface area contributed by atoms with Crippen LogP contribution in [0, 0.1) is 5.92 Å². The highest BCUT2D eigenvalue weighted by Gasteiger charge is 2.70. The van der Waals surface area contributed by atoms with Crippen LogP contribution in [-0.4, -0.2) is 29.8 Å². The van der Waals surface area contributed by atoms with Crippen molar-refractivity contribution in [2.75, 3.05) is 0 Å². The normalized spacial score (nSPS) is 36.4. The summed E-state index contributed by atoms with van der Waals surface area (Å²) in [6.45, 7) is 9.01. The summed E-state index contributed by atoms with van der Waals surface area (Å²) >= 11 is 0. The first-order valence-electron chi connectivity index (χ1n) is 5.13. The first-order chi connectivity index (χ1) is 8.63. The molecular weight excluding hydrogens is 307 g/mol. The van der Waals surface area contributed by atoms with E-state index in [2.05, 4.69) is 19.7 Å². The average molecular weight is 318 g/mol. The van der Waals surface area contributed by atoms with Gasteiger partial charge in [0.2, 0.25) is 5.67 Å². The predicted octanol–water partition coefficient (Wildman–Crippen LogP) is 3.13. The van der Waals surface area contributed by atoms with Crippen molar-refractivity contribution in [3.05, 3.63) is 36.5 Å². The minimum atomic E-state index is -5.55. The molecule has 0 bridgehead atoms. The maximum atomic E-state index is 14.5. The molecule has 0 aromatic carbocycles. The minimum absolute atomic E-state index is 0.604. The molecule has 3 atom stereocenters. The standard InChI is InChI=1S/C11H11F5O3S/c1-5-7(3)10(13,20(17,18)19)8(4)6(2)9(5,12)11(14,15)16/h6H,1,3-4H2,2H3,(H,17,18,19). The molecular formula is C11H11F5O3S. The topological polar surface area (TPSA) is 54.4 Å². The summed E-state index contributed by atoms with van der Waals surface area (Å²) in [5.74, 6) is -2.31. The summed E-state index contributed by atoms with van der Waals surface area (Å²) in [6.07, 6.45) is -5.48. The molecule has 0 heterocycles. The van der Waals surface area contributed by atoms with E-state index in [0.717, 1.165) is 0 Å². The van der Waals surface area contributed by atoms with Gasteiger partial charge in [-0.3, -0.25) is 4.55 Å². The molecule has 1 aliphatic rings. The summed E-state index contributed by atoms with van der Waals surface area (Å²) in [6, 6.07) is 0. The van der Waals surface area contributed by atoms with Gasteiger partial charge in [-0.1, -0.05) is 26.7 Å². The molecule has 1 rings (SSSR count). The molecule has 0 saturated heterocycles. The molecule has 1 aliphatic carbocycles. The van der Waals surface area contributed by atoms with Crippen LogP contribution in [0.1, 0.15) is 6.92 Å². The van der Waals surface area contributed by atoms with Gasteiger partial charge in [-0.25, -0.2) is 8.78 Å². The SMILES string of the molecule is C=C1C(=C)C(F)(S(=O)(=O)O)C(=C)C(C)C1(F)C(F)(F)F. The van der Waals surface area contributed by atoms with Crippen LogP contribution in [0.4, 0.5) is 22.0 Å². The molecule has 3 unspecified atom stereocenters. The molecule has 1 N–H and O–H groups in total. The maximum Gasteiger partial charge on any atom is 0.427 e. The quantitative estimate of drug-likeness (QED) is 0.459. The van der Waals surface area contributed by atoms with Crippen molar-refractivity contribution in [1.82, 2.24) is 0 Å². The summed E-state index contributed by atoms with van der Waals surface area (Å²) in [4.78, 5) is 0. The van der Waals surface area contributed by atoms with Crippen LogP contribution in [-0.2, 0) is 10.1 Å². The second kappa shape index (κ2) is 4.14. The number of alkyl halides is 5. The molecule has 9 heteroatoms. The smallest absolute Gasteiger partial charge is 0.283 e. The Hall–Kier alpha value is -1.22. The van der Waals surface area contributed by atoms with E-state index in [0.29, 0.717) is 6.92 Å². The highest BCUT2D eigenvalue weighted by molar-refractivity contribution is 7.87.